The van der Waals surface area contributed by atoms with Gasteiger partial charge in [-0.3, -0.25) is 4.79 Å². The van der Waals surface area contributed by atoms with Crippen molar-refractivity contribution < 1.29 is 85.2 Å². The van der Waals surface area contributed by atoms with Crippen LogP contribution in [0.4, 0.5) is 65.9 Å². The van der Waals surface area contributed by atoms with Crippen LogP contribution in [0.25, 0.3) is 0 Å². The predicted octanol–water partition coefficient (Wildman–Crippen LogP) is 4.58. The van der Waals surface area contributed by atoms with Gasteiger partial charge in [-0.25, -0.2) is 0 Å². The van der Waals surface area contributed by atoms with Crippen LogP contribution < -0.4 is 0 Å². The molecule has 0 amide bonds. The molecule has 0 aromatic rings. The van der Waals surface area contributed by atoms with Gasteiger partial charge < -0.3 is 14.6 Å². The third kappa shape index (κ3) is 3.46. The average molecular weight is 500 g/mol. The summed E-state index contributed by atoms with van der Waals surface area (Å²) in [5, 5.41) is 8.44. The van der Waals surface area contributed by atoms with Gasteiger partial charge in [-0.15, -0.1) is 0 Å². The standard InChI is InChI=1S/C12H7F15O4/c13-6(14,5(3-4(28)29)30-1-2-31-5)7(15,16)8(17,18)9(19,20)10(21,22)11(23,24)12(25,26)27/h1-3H2,(H,28,29). The molecule has 0 bridgehead atoms. The van der Waals surface area contributed by atoms with Crippen LogP contribution >= 0.6 is 0 Å². The summed E-state index contributed by atoms with van der Waals surface area (Å²) in [7, 11) is 0. The van der Waals surface area contributed by atoms with E-state index < -0.39 is 73.1 Å². The number of ether oxygens (including phenoxy) is 2. The molecular formula is C12H7F15O4. The molecule has 4 nitrogen and oxygen atoms in total. The largest absolute Gasteiger partial charge is 0.481 e. The monoisotopic (exact) mass is 500 g/mol. The molecule has 0 aromatic heterocycles. The first-order chi connectivity index (χ1) is 13.4. The molecule has 31 heavy (non-hydrogen) atoms. The molecule has 0 radical (unpaired) electrons. The van der Waals surface area contributed by atoms with E-state index in [0.29, 0.717) is 0 Å². The smallest absolute Gasteiger partial charge is 0.460 e. The summed E-state index contributed by atoms with van der Waals surface area (Å²) in [5.74, 6) is -55.5. The van der Waals surface area contributed by atoms with Crippen LogP contribution in [0, 0.1) is 0 Å². The number of hydrogen-bond donors (Lipinski definition) is 1. The Morgan fingerprint density at radius 2 is 0.968 bits per heavy atom. The predicted molar refractivity (Wildman–Crippen MR) is 62.6 cm³/mol. The van der Waals surface area contributed by atoms with Crippen molar-refractivity contribution >= 4 is 5.97 Å². The Morgan fingerprint density at radius 3 is 1.29 bits per heavy atom. The molecule has 1 rings (SSSR count). The Morgan fingerprint density at radius 1 is 0.645 bits per heavy atom. The summed E-state index contributed by atoms with van der Waals surface area (Å²) in [6.07, 6.45) is -10.2. The average Bonchev–Trinajstić information content (AvgIpc) is 3.02. The van der Waals surface area contributed by atoms with Crippen molar-refractivity contribution in [1.82, 2.24) is 0 Å². The molecule has 0 atom stereocenters. The second kappa shape index (κ2) is 7.17. The van der Waals surface area contributed by atoms with Crippen LogP contribution in [0.1, 0.15) is 6.42 Å². The summed E-state index contributed by atoms with van der Waals surface area (Å²) in [6, 6.07) is 0. The molecular weight excluding hydrogens is 493 g/mol. The van der Waals surface area contributed by atoms with E-state index in [2.05, 4.69) is 9.47 Å². The molecule has 0 saturated carbocycles. The molecule has 1 saturated heterocycles. The highest BCUT2D eigenvalue weighted by molar-refractivity contribution is 5.68. The van der Waals surface area contributed by atoms with Crippen molar-refractivity contribution in [1.29, 1.82) is 0 Å². The first-order valence-electron chi connectivity index (χ1n) is 7.21. The van der Waals surface area contributed by atoms with Crippen molar-refractivity contribution in [2.45, 2.75) is 53.9 Å². The van der Waals surface area contributed by atoms with E-state index in [1.165, 1.54) is 0 Å². The van der Waals surface area contributed by atoms with Gasteiger partial charge in [0.15, 0.2) is 0 Å². The molecule has 1 aliphatic heterocycles. The van der Waals surface area contributed by atoms with Crippen molar-refractivity contribution in [3.63, 3.8) is 0 Å². The highest BCUT2D eigenvalue weighted by atomic mass is 19.4. The molecule has 1 N–H and O–H groups in total. The Bertz CT molecular complexity index is 693. The maximum atomic E-state index is 14.1. The van der Waals surface area contributed by atoms with E-state index in [-0.39, 0.29) is 0 Å². The Hall–Kier alpha value is -1.66. The van der Waals surface area contributed by atoms with E-state index in [4.69, 9.17) is 5.11 Å². The quantitative estimate of drug-likeness (QED) is 0.497. The summed E-state index contributed by atoms with van der Waals surface area (Å²) < 4.78 is 205. The lowest BCUT2D eigenvalue weighted by atomic mass is 9.87. The molecule has 0 unspecified atom stereocenters. The fourth-order valence-corrected chi connectivity index (χ4v) is 2.25. The molecule has 1 fully saturated rings. The van der Waals surface area contributed by atoms with Gasteiger partial charge in [0.2, 0.25) is 0 Å². The number of carbonyl (C=O) groups is 1. The molecule has 1 aliphatic rings. The first-order valence-corrected chi connectivity index (χ1v) is 7.21. The van der Waals surface area contributed by atoms with Crippen LogP contribution in [0.2, 0.25) is 0 Å². The van der Waals surface area contributed by atoms with Crippen LogP contribution in [-0.4, -0.2) is 71.8 Å². The third-order valence-corrected chi connectivity index (χ3v) is 3.94. The highest BCUT2D eigenvalue weighted by Gasteiger charge is 2.95. The lowest BCUT2D eigenvalue weighted by Crippen LogP contribution is -2.75. The molecule has 1 heterocycles. The van der Waals surface area contributed by atoms with E-state index in [9.17, 15) is 70.7 Å². The summed E-state index contributed by atoms with van der Waals surface area (Å²) in [5.41, 5.74) is 0. The number of alkyl halides is 15. The number of rotatable bonds is 8. The number of carboxylic acids is 1. The van der Waals surface area contributed by atoms with Crippen LogP contribution in [0.15, 0.2) is 0 Å². The fourth-order valence-electron chi connectivity index (χ4n) is 2.25. The van der Waals surface area contributed by atoms with Crippen LogP contribution in [0.5, 0.6) is 0 Å². The number of carboxylic acid groups (broad SMARTS) is 1. The molecule has 0 aliphatic carbocycles. The van der Waals surface area contributed by atoms with Crippen LogP contribution in [0.3, 0.4) is 0 Å². The lowest BCUT2D eigenvalue weighted by Gasteiger charge is -2.44. The van der Waals surface area contributed by atoms with Gasteiger partial charge in [0.05, 0.1) is 13.2 Å². The van der Waals surface area contributed by atoms with E-state index in [0.717, 1.165) is 0 Å². The SMILES string of the molecule is O=C(O)CC1(C(F)(F)C(F)(F)C(F)(F)C(F)(F)C(F)(F)C(F)(F)C(F)(F)F)OCCO1. The zero-order valence-corrected chi connectivity index (χ0v) is 14.0. The normalized spacial score (nSPS) is 19.6. The van der Waals surface area contributed by atoms with Crippen molar-refractivity contribution in [2.24, 2.45) is 0 Å². The topological polar surface area (TPSA) is 55.8 Å². The minimum Gasteiger partial charge on any atom is -0.481 e. The minimum atomic E-state index is -8.48. The van der Waals surface area contributed by atoms with E-state index >= 15 is 0 Å². The van der Waals surface area contributed by atoms with Gasteiger partial charge in [-0.1, -0.05) is 0 Å². The third-order valence-electron chi connectivity index (χ3n) is 3.94. The Labute approximate surface area is 159 Å². The molecule has 0 spiro atoms. The summed E-state index contributed by atoms with van der Waals surface area (Å²) in [4.78, 5) is 10.6. The molecule has 0 aromatic carbocycles. The first kappa shape index (κ1) is 27.4. The van der Waals surface area contributed by atoms with Gasteiger partial charge >= 0.3 is 47.7 Å². The van der Waals surface area contributed by atoms with Crippen molar-refractivity contribution in [3.8, 4) is 0 Å². The van der Waals surface area contributed by atoms with Gasteiger partial charge in [-0.2, -0.15) is 65.9 Å². The van der Waals surface area contributed by atoms with Crippen molar-refractivity contribution in [2.75, 3.05) is 13.2 Å². The maximum absolute atomic E-state index is 14.1. The Kier molecular flexibility index (Phi) is 6.33. The molecule has 19 heteroatoms. The van der Waals surface area contributed by atoms with Gasteiger partial charge in [-0.05, 0) is 0 Å². The van der Waals surface area contributed by atoms with Crippen LogP contribution in [-0.2, 0) is 14.3 Å². The van der Waals surface area contributed by atoms with E-state index in [1.807, 2.05) is 0 Å². The summed E-state index contributed by atoms with van der Waals surface area (Å²) >= 11 is 0. The summed E-state index contributed by atoms with van der Waals surface area (Å²) in [6.45, 7) is -2.47. The zero-order valence-electron chi connectivity index (χ0n) is 14.0. The second-order valence-corrected chi connectivity index (χ2v) is 5.96. The van der Waals surface area contributed by atoms with E-state index in [1.54, 1.807) is 0 Å². The highest BCUT2D eigenvalue weighted by Crippen LogP contribution is 2.64. The molecule has 184 valence electrons. The number of hydrogen-bond acceptors (Lipinski definition) is 3. The van der Waals surface area contributed by atoms with Gasteiger partial charge in [0.25, 0.3) is 5.79 Å². The fraction of sp³-hybridized carbons (Fsp3) is 0.917. The lowest BCUT2D eigenvalue weighted by molar-refractivity contribution is -0.468. The van der Waals surface area contributed by atoms with Crippen molar-refractivity contribution in [3.05, 3.63) is 0 Å². The second-order valence-electron chi connectivity index (χ2n) is 5.96. The zero-order chi connectivity index (χ0) is 25.1. The van der Waals surface area contributed by atoms with Gasteiger partial charge in [0, 0.05) is 0 Å². The number of aliphatic carboxylic acids is 1. The maximum Gasteiger partial charge on any atom is 0.460 e. The van der Waals surface area contributed by atoms with Gasteiger partial charge in [0.1, 0.15) is 6.42 Å². The number of halogens is 15. The minimum absolute atomic E-state index is 1.23. The Balaban J connectivity index is 3.67.